The van der Waals surface area contributed by atoms with Crippen molar-refractivity contribution in [1.29, 1.82) is 0 Å². The number of nitrogens with one attached hydrogen (secondary N) is 1. The van der Waals surface area contributed by atoms with E-state index in [1.807, 2.05) is 0 Å². The van der Waals surface area contributed by atoms with Crippen molar-refractivity contribution < 1.29 is 24.1 Å². The summed E-state index contributed by atoms with van der Waals surface area (Å²) in [6.45, 7) is 1.68. The lowest BCUT2D eigenvalue weighted by atomic mass is 10.0. The van der Waals surface area contributed by atoms with Crippen LogP contribution in [0.25, 0.3) is 11.3 Å². The molecule has 0 spiro atoms. The Morgan fingerprint density at radius 2 is 2.24 bits per heavy atom. The van der Waals surface area contributed by atoms with Gasteiger partial charge in [0.05, 0.1) is 18.5 Å². The van der Waals surface area contributed by atoms with Crippen LogP contribution in [0.4, 0.5) is 4.39 Å². The zero-order valence-corrected chi connectivity index (χ0v) is 11.3. The van der Waals surface area contributed by atoms with Gasteiger partial charge >= 0.3 is 5.97 Å². The van der Waals surface area contributed by atoms with Gasteiger partial charge in [-0.3, -0.25) is 5.10 Å². The highest BCUT2D eigenvalue weighted by Gasteiger charge is 2.30. The summed E-state index contributed by atoms with van der Waals surface area (Å²) in [5, 5.41) is 26.2. The van der Waals surface area contributed by atoms with E-state index in [4.69, 9.17) is 0 Å². The number of aliphatic hydroxyl groups is 2. The van der Waals surface area contributed by atoms with Crippen LogP contribution in [0.3, 0.4) is 0 Å². The van der Waals surface area contributed by atoms with Crippen LogP contribution in [-0.2, 0) is 9.53 Å². The maximum absolute atomic E-state index is 13.3. The van der Waals surface area contributed by atoms with Gasteiger partial charge in [-0.25, -0.2) is 9.18 Å². The standard InChI is InChI=1S/C14H15FN2O4/c1-2-21-14(20)13(19)12(18)10-7-16-17-11(10)8-4-3-5-9(15)6-8/h3-7,12-13,18-19H,2H2,1H3,(H,16,17). The molecule has 0 amide bonds. The predicted molar refractivity (Wildman–Crippen MR) is 71.6 cm³/mol. The number of esters is 1. The number of hydrogen-bond donors (Lipinski definition) is 3. The minimum absolute atomic E-state index is 0.0880. The van der Waals surface area contributed by atoms with Crippen molar-refractivity contribution in [3.05, 3.63) is 41.8 Å². The highest BCUT2D eigenvalue weighted by atomic mass is 19.1. The van der Waals surface area contributed by atoms with Crippen LogP contribution < -0.4 is 0 Å². The Morgan fingerprint density at radius 1 is 1.48 bits per heavy atom. The molecule has 2 rings (SSSR count). The summed E-state index contributed by atoms with van der Waals surface area (Å²) in [4.78, 5) is 11.5. The van der Waals surface area contributed by atoms with Gasteiger partial charge in [-0.2, -0.15) is 5.10 Å². The molecule has 6 nitrogen and oxygen atoms in total. The largest absolute Gasteiger partial charge is 0.464 e. The molecule has 1 aromatic heterocycles. The summed E-state index contributed by atoms with van der Waals surface area (Å²) in [6, 6.07) is 5.65. The number of carbonyl (C=O) groups is 1. The fraction of sp³-hybridized carbons (Fsp3) is 0.286. The number of ether oxygens (including phenoxy) is 1. The number of aliphatic hydroxyl groups excluding tert-OH is 2. The number of aromatic amines is 1. The molecule has 0 aliphatic heterocycles. The van der Waals surface area contributed by atoms with Gasteiger partial charge in [0.15, 0.2) is 6.10 Å². The van der Waals surface area contributed by atoms with Crippen molar-refractivity contribution in [2.45, 2.75) is 19.1 Å². The van der Waals surface area contributed by atoms with Crippen LogP contribution in [-0.4, -0.2) is 39.1 Å². The summed E-state index contributed by atoms with van der Waals surface area (Å²) >= 11 is 0. The summed E-state index contributed by atoms with van der Waals surface area (Å²) in [5.41, 5.74) is 0.948. The highest BCUT2D eigenvalue weighted by molar-refractivity contribution is 5.76. The SMILES string of the molecule is CCOC(=O)C(O)C(O)c1cn[nH]c1-c1cccc(F)c1. The number of carbonyl (C=O) groups excluding carboxylic acids is 1. The molecule has 0 aliphatic rings. The molecule has 0 bridgehead atoms. The number of hydrogen-bond acceptors (Lipinski definition) is 5. The first-order valence-corrected chi connectivity index (χ1v) is 6.36. The maximum atomic E-state index is 13.3. The number of H-pyrrole nitrogens is 1. The van der Waals surface area contributed by atoms with Crippen molar-refractivity contribution in [2.24, 2.45) is 0 Å². The minimum Gasteiger partial charge on any atom is -0.464 e. The normalized spacial score (nSPS) is 13.7. The Balaban J connectivity index is 2.30. The predicted octanol–water partition coefficient (Wildman–Crippen LogP) is 1.17. The first kappa shape index (κ1) is 15.1. The monoisotopic (exact) mass is 294 g/mol. The number of nitrogens with zero attached hydrogens (tertiary/aromatic N) is 1. The quantitative estimate of drug-likeness (QED) is 0.720. The molecule has 112 valence electrons. The fourth-order valence-corrected chi connectivity index (χ4v) is 1.92. The Kier molecular flexibility index (Phi) is 4.66. The first-order valence-electron chi connectivity index (χ1n) is 6.36. The van der Waals surface area contributed by atoms with E-state index in [1.165, 1.54) is 24.4 Å². The molecular weight excluding hydrogens is 279 g/mol. The van der Waals surface area contributed by atoms with Gasteiger partial charge in [-0.05, 0) is 19.1 Å². The second-order valence-electron chi connectivity index (χ2n) is 4.35. The van der Waals surface area contributed by atoms with Crippen molar-refractivity contribution in [3.63, 3.8) is 0 Å². The zero-order valence-electron chi connectivity index (χ0n) is 11.3. The average molecular weight is 294 g/mol. The van der Waals surface area contributed by atoms with E-state index in [0.717, 1.165) is 0 Å². The maximum Gasteiger partial charge on any atom is 0.338 e. The lowest BCUT2D eigenvalue weighted by Gasteiger charge is -2.16. The van der Waals surface area contributed by atoms with E-state index in [-0.39, 0.29) is 12.2 Å². The molecular formula is C14H15FN2O4. The third-order valence-electron chi connectivity index (χ3n) is 2.93. The van der Waals surface area contributed by atoms with Crippen LogP contribution in [0.1, 0.15) is 18.6 Å². The third-order valence-corrected chi connectivity index (χ3v) is 2.93. The van der Waals surface area contributed by atoms with Crippen molar-refractivity contribution in [2.75, 3.05) is 6.61 Å². The van der Waals surface area contributed by atoms with Crippen LogP contribution >= 0.6 is 0 Å². The summed E-state index contributed by atoms with van der Waals surface area (Å²) in [6.07, 6.45) is -2.00. The summed E-state index contributed by atoms with van der Waals surface area (Å²) in [7, 11) is 0. The molecule has 3 N–H and O–H groups in total. The molecule has 0 saturated carbocycles. The average Bonchev–Trinajstić information content (AvgIpc) is 2.95. The molecule has 2 aromatic rings. The Bertz CT molecular complexity index is 629. The Hall–Kier alpha value is -2.25. The van der Waals surface area contributed by atoms with Gasteiger partial charge in [0.2, 0.25) is 0 Å². The van der Waals surface area contributed by atoms with Crippen LogP contribution in [0, 0.1) is 5.82 Å². The molecule has 0 saturated heterocycles. The Morgan fingerprint density at radius 3 is 2.90 bits per heavy atom. The van der Waals surface area contributed by atoms with Gasteiger partial charge < -0.3 is 14.9 Å². The minimum atomic E-state index is -1.74. The van der Waals surface area contributed by atoms with Gasteiger partial charge in [0.1, 0.15) is 11.9 Å². The second kappa shape index (κ2) is 6.47. The molecule has 0 fully saturated rings. The molecule has 2 atom stereocenters. The van der Waals surface area contributed by atoms with Gasteiger partial charge in [0.25, 0.3) is 0 Å². The fourth-order valence-electron chi connectivity index (χ4n) is 1.92. The summed E-state index contributed by atoms with van der Waals surface area (Å²) < 4.78 is 17.9. The van der Waals surface area contributed by atoms with Crippen molar-refractivity contribution in [3.8, 4) is 11.3 Å². The number of benzene rings is 1. The molecule has 0 radical (unpaired) electrons. The van der Waals surface area contributed by atoms with Crippen LogP contribution in [0.15, 0.2) is 30.5 Å². The van der Waals surface area contributed by atoms with E-state index in [0.29, 0.717) is 11.3 Å². The van der Waals surface area contributed by atoms with E-state index in [1.54, 1.807) is 13.0 Å². The van der Waals surface area contributed by atoms with E-state index < -0.39 is 24.0 Å². The number of halogens is 1. The second-order valence-corrected chi connectivity index (χ2v) is 4.35. The number of rotatable bonds is 5. The first-order chi connectivity index (χ1) is 10.0. The van der Waals surface area contributed by atoms with E-state index in [9.17, 15) is 19.4 Å². The topological polar surface area (TPSA) is 95.4 Å². The number of aromatic nitrogens is 2. The van der Waals surface area contributed by atoms with Crippen molar-refractivity contribution >= 4 is 5.97 Å². The highest BCUT2D eigenvalue weighted by Crippen LogP contribution is 2.28. The Labute approximate surface area is 120 Å². The van der Waals surface area contributed by atoms with E-state index >= 15 is 0 Å². The van der Waals surface area contributed by atoms with Gasteiger partial charge in [-0.1, -0.05) is 12.1 Å². The van der Waals surface area contributed by atoms with E-state index in [2.05, 4.69) is 14.9 Å². The summed E-state index contributed by atoms with van der Waals surface area (Å²) in [5.74, 6) is -1.38. The molecule has 2 unspecified atom stereocenters. The van der Waals surface area contributed by atoms with Crippen LogP contribution in [0.2, 0.25) is 0 Å². The smallest absolute Gasteiger partial charge is 0.338 e. The molecule has 21 heavy (non-hydrogen) atoms. The van der Waals surface area contributed by atoms with Crippen LogP contribution in [0.5, 0.6) is 0 Å². The lowest BCUT2D eigenvalue weighted by Crippen LogP contribution is -2.30. The van der Waals surface area contributed by atoms with Crippen molar-refractivity contribution in [1.82, 2.24) is 10.2 Å². The lowest BCUT2D eigenvalue weighted by molar-refractivity contribution is -0.159. The molecule has 0 aliphatic carbocycles. The third kappa shape index (κ3) is 3.26. The van der Waals surface area contributed by atoms with Gasteiger partial charge in [-0.15, -0.1) is 0 Å². The zero-order chi connectivity index (χ0) is 15.4. The molecule has 1 heterocycles. The molecule has 7 heteroatoms. The van der Waals surface area contributed by atoms with Gasteiger partial charge in [0, 0.05) is 11.1 Å². The molecule has 1 aromatic carbocycles.